The fourth-order valence-corrected chi connectivity index (χ4v) is 5.89. The van der Waals surface area contributed by atoms with E-state index in [1.54, 1.807) is 18.2 Å². The minimum Gasteiger partial charge on any atom is -0.491 e. The molecule has 2 aromatic heterocycles. The number of halogens is 3. The number of ether oxygens (including phenoxy) is 2. The Balaban J connectivity index is 0.992. The smallest absolute Gasteiger partial charge is 0.416 e. The zero-order chi connectivity index (χ0) is 35.4. The van der Waals surface area contributed by atoms with E-state index < -0.39 is 17.6 Å². The minimum absolute atomic E-state index is 0.0766. The summed E-state index contributed by atoms with van der Waals surface area (Å²) in [6.07, 6.45) is -2.67. The van der Waals surface area contributed by atoms with E-state index in [-0.39, 0.29) is 35.4 Å². The molecule has 12 heteroatoms. The van der Waals surface area contributed by atoms with Gasteiger partial charge in [0.1, 0.15) is 11.5 Å². The molecule has 1 saturated heterocycles. The topological polar surface area (TPSA) is 99.8 Å². The number of pyridine rings is 1. The Morgan fingerprint density at radius 1 is 0.920 bits per heavy atom. The highest BCUT2D eigenvalue weighted by Gasteiger charge is 2.31. The second-order valence-corrected chi connectivity index (χ2v) is 12.7. The van der Waals surface area contributed by atoms with Gasteiger partial charge in [0.15, 0.2) is 0 Å². The molecular weight excluding hydrogens is 647 g/mol. The van der Waals surface area contributed by atoms with Crippen molar-refractivity contribution in [2.24, 2.45) is 0 Å². The van der Waals surface area contributed by atoms with Crippen molar-refractivity contribution < 1.29 is 32.2 Å². The first-order valence-corrected chi connectivity index (χ1v) is 16.4. The largest absolute Gasteiger partial charge is 0.491 e. The molecule has 0 aliphatic carbocycles. The first-order chi connectivity index (χ1) is 23.9. The molecule has 1 aliphatic heterocycles. The lowest BCUT2D eigenvalue weighted by atomic mass is 10.0. The number of anilines is 1. The number of carbonyl (C=O) groups excluding carboxylic acids is 2. The van der Waals surface area contributed by atoms with E-state index in [0.29, 0.717) is 24.5 Å². The number of alkyl halides is 3. The summed E-state index contributed by atoms with van der Waals surface area (Å²) in [5.74, 6) is 1.21. The summed E-state index contributed by atoms with van der Waals surface area (Å²) in [5, 5.41) is 3.60. The minimum atomic E-state index is -4.48. The average molecular weight is 686 g/mol. The van der Waals surface area contributed by atoms with E-state index in [1.165, 1.54) is 18.7 Å². The molecule has 9 nitrogen and oxygen atoms in total. The van der Waals surface area contributed by atoms with Crippen molar-refractivity contribution in [1.82, 2.24) is 19.8 Å². The number of H-pyrrole nitrogens is 1. The number of rotatable bonds is 10. The number of benzene rings is 3. The van der Waals surface area contributed by atoms with Gasteiger partial charge in [0.05, 0.1) is 30.0 Å². The van der Waals surface area contributed by atoms with Crippen molar-refractivity contribution in [3.63, 3.8) is 0 Å². The Kier molecular flexibility index (Phi) is 10.1. The van der Waals surface area contributed by atoms with Crippen LogP contribution in [0.4, 0.5) is 18.9 Å². The van der Waals surface area contributed by atoms with Crippen LogP contribution in [0, 0.1) is 6.92 Å². The van der Waals surface area contributed by atoms with Crippen LogP contribution in [0.15, 0.2) is 85.1 Å². The summed E-state index contributed by atoms with van der Waals surface area (Å²) in [4.78, 5) is 37.7. The third kappa shape index (κ3) is 8.61. The molecule has 0 radical (unpaired) electrons. The Hall–Kier alpha value is -5.36. The number of aromatic nitrogens is 2. The fourth-order valence-electron chi connectivity index (χ4n) is 5.89. The van der Waals surface area contributed by atoms with Gasteiger partial charge in [-0.05, 0) is 91.9 Å². The van der Waals surface area contributed by atoms with Crippen LogP contribution in [0.1, 0.15) is 46.6 Å². The van der Waals surface area contributed by atoms with Gasteiger partial charge in [-0.1, -0.05) is 12.1 Å². The maximum atomic E-state index is 13.2. The highest BCUT2D eigenvalue weighted by molar-refractivity contribution is 6.05. The van der Waals surface area contributed by atoms with Crippen molar-refractivity contribution in [2.75, 3.05) is 31.5 Å². The Morgan fingerprint density at radius 2 is 1.66 bits per heavy atom. The van der Waals surface area contributed by atoms with Crippen LogP contribution in [0.2, 0.25) is 0 Å². The molecule has 0 saturated carbocycles. The number of piperazine rings is 1. The summed E-state index contributed by atoms with van der Waals surface area (Å²) in [6, 6.07) is 21.8. The summed E-state index contributed by atoms with van der Waals surface area (Å²) in [5.41, 5.74) is 2.74. The van der Waals surface area contributed by atoms with Crippen LogP contribution in [-0.2, 0) is 23.9 Å². The van der Waals surface area contributed by atoms with Crippen LogP contribution in [0.5, 0.6) is 17.4 Å². The zero-order valence-electron chi connectivity index (χ0n) is 28.0. The molecule has 6 rings (SSSR count). The van der Waals surface area contributed by atoms with Gasteiger partial charge in [0.25, 0.3) is 5.91 Å². The average Bonchev–Trinajstić information content (AvgIpc) is 3.47. The number of amides is 2. The van der Waals surface area contributed by atoms with Gasteiger partial charge >= 0.3 is 6.18 Å². The second-order valence-electron chi connectivity index (χ2n) is 12.7. The lowest BCUT2D eigenvalue weighted by Gasteiger charge is -2.34. The molecule has 0 atom stereocenters. The van der Waals surface area contributed by atoms with E-state index in [4.69, 9.17) is 9.47 Å². The second kappa shape index (κ2) is 14.6. The van der Waals surface area contributed by atoms with E-state index in [0.717, 1.165) is 60.2 Å². The van der Waals surface area contributed by atoms with Crippen LogP contribution < -0.4 is 14.8 Å². The zero-order valence-corrected chi connectivity index (χ0v) is 28.0. The molecule has 1 fully saturated rings. The number of fused-ring (bicyclic) bond motifs is 1. The van der Waals surface area contributed by atoms with Crippen molar-refractivity contribution in [2.45, 2.75) is 46.0 Å². The third-order valence-electron chi connectivity index (χ3n) is 8.43. The summed E-state index contributed by atoms with van der Waals surface area (Å²) in [7, 11) is 0. The van der Waals surface area contributed by atoms with Gasteiger partial charge < -0.3 is 24.7 Å². The molecule has 260 valence electrons. The monoisotopic (exact) mass is 685 g/mol. The number of hydrogen-bond donors (Lipinski definition) is 2. The lowest BCUT2D eigenvalue weighted by Crippen LogP contribution is -2.48. The molecular formula is C38H38F3N5O4. The van der Waals surface area contributed by atoms with Crippen LogP contribution in [0.3, 0.4) is 0 Å². The van der Waals surface area contributed by atoms with E-state index >= 15 is 0 Å². The maximum absolute atomic E-state index is 13.2. The molecule has 2 N–H and O–H groups in total. The third-order valence-corrected chi connectivity index (χ3v) is 8.43. The van der Waals surface area contributed by atoms with Crippen molar-refractivity contribution in [3.8, 4) is 17.4 Å². The SMILES string of the molecule is Cc1cc(C(F)(F)F)ccc1C(=O)Nc1ccc(Oc2ccc3cc(CC(=O)N4CCN(Cc5ccc(OC(C)C)cc5)CC4)[nH]c3c2)nc1. The Labute approximate surface area is 288 Å². The number of hydrogen-bond acceptors (Lipinski definition) is 6. The number of nitrogens with zero attached hydrogens (tertiary/aromatic N) is 3. The number of nitrogens with one attached hydrogen (secondary N) is 2. The van der Waals surface area contributed by atoms with Crippen LogP contribution in [-0.4, -0.2) is 63.9 Å². The van der Waals surface area contributed by atoms with Crippen LogP contribution in [0.25, 0.3) is 10.9 Å². The highest BCUT2D eigenvalue weighted by Crippen LogP contribution is 2.31. The van der Waals surface area contributed by atoms with Crippen molar-refractivity contribution >= 4 is 28.4 Å². The van der Waals surface area contributed by atoms with Gasteiger partial charge in [0.2, 0.25) is 11.8 Å². The Morgan fingerprint density at radius 3 is 2.32 bits per heavy atom. The van der Waals surface area contributed by atoms with Gasteiger partial charge in [-0.25, -0.2) is 4.98 Å². The van der Waals surface area contributed by atoms with E-state index in [1.807, 2.05) is 49.1 Å². The van der Waals surface area contributed by atoms with Gasteiger partial charge in [0, 0.05) is 61.6 Å². The molecule has 5 aromatic rings. The van der Waals surface area contributed by atoms with Gasteiger partial charge in [-0.3, -0.25) is 14.5 Å². The maximum Gasteiger partial charge on any atom is 0.416 e. The predicted molar refractivity (Wildman–Crippen MR) is 185 cm³/mol. The molecule has 0 bridgehead atoms. The normalized spacial score (nSPS) is 13.9. The molecule has 0 unspecified atom stereocenters. The molecule has 2 amide bonds. The molecule has 3 heterocycles. The van der Waals surface area contributed by atoms with Crippen molar-refractivity contribution in [3.05, 3.63) is 113 Å². The fraction of sp³-hybridized carbons (Fsp3) is 0.289. The van der Waals surface area contributed by atoms with E-state index in [9.17, 15) is 22.8 Å². The highest BCUT2D eigenvalue weighted by atomic mass is 19.4. The summed E-state index contributed by atoms with van der Waals surface area (Å²) in [6.45, 7) is 9.27. The van der Waals surface area contributed by atoms with E-state index in [2.05, 4.69) is 32.3 Å². The summed E-state index contributed by atoms with van der Waals surface area (Å²) < 4.78 is 50.6. The molecule has 3 aromatic carbocycles. The van der Waals surface area contributed by atoms with Crippen LogP contribution >= 0.6 is 0 Å². The number of aryl methyl sites for hydroxylation is 1. The van der Waals surface area contributed by atoms with Gasteiger partial charge in [-0.15, -0.1) is 0 Å². The number of carbonyl (C=O) groups is 2. The first kappa shape index (κ1) is 34.5. The van der Waals surface area contributed by atoms with Gasteiger partial charge in [-0.2, -0.15) is 13.2 Å². The molecule has 1 aliphatic rings. The van der Waals surface area contributed by atoms with Crippen molar-refractivity contribution in [1.29, 1.82) is 0 Å². The quantitative estimate of drug-likeness (QED) is 0.157. The molecule has 0 spiro atoms. The predicted octanol–water partition coefficient (Wildman–Crippen LogP) is 7.61. The Bertz CT molecular complexity index is 1970. The lowest BCUT2D eigenvalue weighted by molar-refractivity contribution is -0.137. The summed E-state index contributed by atoms with van der Waals surface area (Å²) >= 11 is 0. The first-order valence-electron chi connectivity index (χ1n) is 16.4. The molecule has 50 heavy (non-hydrogen) atoms. The number of aromatic amines is 1. The standard InChI is InChI=1S/C38H38F3N5O4/c1-24(2)49-31-9-4-26(5-10-31)23-45-14-16-46(17-15-45)36(47)20-30-19-27-6-11-32(21-34(27)43-30)50-35-13-8-29(22-42-35)44-37(48)33-12-7-28(18-25(33)3)38(39,40)41/h4-13,18-19,21-22,24,43H,14-17,20,23H2,1-3H3,(H,44,48).